The van der Waals surface area contributed by atoms with E-state index in [1.807, 2.05) is 30.6 Å². The van der Waals surface area contributed by atoms with Gasteiger partial charge in [-0.2, -0.15) is 4.99 Å². The molecule has 2 aliphatic heterocycles. The van der Waals surface area contributed by atoms with E-state index in [1.165, 1.54) is 6.42 Å². The standard InChI is InChI=1S/C25H39N7O2/c1-24(2,3)34-23(33)31-15-7-8-18(17-31)16-28-19-9-11-20(12-10-19)32-22(27)29-21(26)30-25(32)13-5-4-6-14-25/h9-12,18,28H,4-8,13-17H2,1-3H3,(H4,26,27,29,30). The minimum atomic E-state index is -0.473. The lowest BCUT2D eigenvalue weighted by molar-refractivity contribution is 0.0172. The van der Waals surface area contributed by atoms with Crippen molar-refractivity contribution in [2.45, 2.75) is 77.0 Å². The maximum absolute atomic E-state index is 12.4. The average molecular weight is 470 g/mol. The van der Waals surface area contributed by atoms with E-state index in [1.54, 1.807) is 0 Å². The molecule has 9 nitrogen and oxygen atoms in total. The van der Waals surface area contributed by atoms with E-state index in [0.717, 1.165) is 63.0 Å². The van der Waals surface area contributed by atoms with Gasteiger partial charge in [0.2, 0.25) is 11.9 Å². The lowest BCUT2D eigenvalue weighted by Gasteiger charge is -2.45. The number of ether oxygens (including phenoxy) is 1. The smallest absolute Gasteiger partial charge is 0.410 e. The summed E-state index contributed by atoms with van der Waals surface area (Å²) >= 11 is 0. The highest BCUT2D eigenvalue weighted by Crippen LogP contribution is 2.39. The minimum absolute atomic E-state index is 0.220. The number of anilines is 2. The molecule has 2 heterocycles. The van der Waals surface area contributed by atoms with Crippen LogP contribution in [0.15, 0.2) is 34.3 Å². The lowest BCUT2D eigenvalue weighted by atomic mass is 9.87. The lowest BCUT2D eigenvalue weighted by Crippen LogP contribution is -2.58. The highest BCUT2D eigenvalue weighted by atomic mass is 16.6. The summed E-state index contributed by atoms with van der Waals surface area (Å²) in [6.45, 7) is 7.97. The number of aliphatic imine (C=N–C) groups is 2. The van der Waals surface area contributed by atoms with Gasteiger partial charge in [0, 0.05) is 31.0 Å². The molecule has 1 unspecified atom stereocenters. The Morgan fingerprint density at radius 2 is 1.85 bits per heavy atom. The van der Waals surface area contributed by atoms with Crippen LogP contribution < -0.4 is 21.7 Å². The van der Waals surface area contributed by atoms with Crippen LogP contribution in [0.2, 0.25) is 0 Å². The van der Waals surface area contributed by atoms with Crippen molar-refractivity contribution in [3.05, 3.63) is 24.3 Å². The summed E-state index contributed by atoms with van der Waals surface area (Å²) in [6.07, 6.45) is 7.10. The van der Waals surface area contributed by atoms with Crippen molar-refractivity contribution in [2.75, 3.05) is 29.9 Å². The maximum atomic E-state index is 12.4. The summed E-state index contributed by atoms with van der Waals surface area (Å²) < 4.78 is 5.55. The van der Waals surface area contributed by atoms with Gasteiger partial charge in [0.05, 0.1) is 0 Å². The Morgan fingerprint density at radius 3 is 2.53 bits per heavy atom. The SMILES string of the molecule is CC(C)(C)OC(=O)N1CCCC(CNc2ccc(N3C(N)=NC(N)=NC34CCCCC4)cc2)C1. The number of carbonyl (C=O) groups is 1. The predicted molar refractivity (Wildman–Crippen MR) is 137 cm³/mol. The fourth-order valence-electron chi connectivity index (χ4n) is 5.21. The molecule has 0 radical (unpaired) electrons. The quantitative estimate of drug-likeness (QED) is 0.616. The van der Waals surface area contributed by atoms with Crippen LogP contribution in [0, 0.1) is 5.92 Å². The summed E-state index contributed by atoms with van der Waals surface area (Å²) in [7, 11) is 0. The molecule has 1 amide bonds. The van der Waals surface area contributed by atoms with Crippen LogP contribution in [-0.2, 0) is 4.74 Å². The van der Waals surface area contributed by atoms with Gasteiger partial charge in [-0.3, -0.25) is 4.90 Å². The number of rotatable bonds is 4. The highest BCUT2D eigenvalue weighted by molar-refractivity contribution is 6.05. The van der Waals surface area contributed by atoms with Crippen molar-refractivity contribution in [3.8, 4) is 0 Å². The molecular formula is C25H39N7O2. The molecule has 186 valence electrons. The van der Waals surface area contributed by atoms with Crippen molar-refractivity contribution in [1.82, 2.24) is 4.90 Å². The molecule has 2 fully saturated rings. The molecule has 1 atom stereocenters. The number of carbonyl (C=O) groups excluding carboxylic acids is 1. The van der Waals surface area contributed by atoms with E-state index in [-0.39, 0.29) is 12.1 Å². The molecule has 1 saturated heterocycles. The molecule has 3 aliphatic rings. The number of amides is 1. The van der Waals surface area contributed by atoms with Crippen LogP contribution in [0.1, 0.15) is 65.7 Å². The van der Waals surface area contributed by atoms with Crippen LogP contribution in [0.25, 0.3) is 0 Å². The third kappa shape index (κ3) is 5.56. The Labute approximate surface area is 202 Å². The third-order valence-electron chi connectivity index (χ3n) is 6.74. The molecule has 0 aromatic heterocycles. The van der Waals surface area contributed by atoms with Gasteiger partial charge >= 0.3 is 6.09 Å². The molecule has 0 bridgehead atoms. The number of guanidine groups is 2. The Bertz CT molecular complexity index is 930. The summed E-state index contributed by atoms with van der Waals surface area (Å²) in [5.41, 5.74) is 13.4. The van der Waals surface area contributed by atoms with Gasteiger partial charge in [-0.15, -0.1) is 0 Å². The molecule has 9 heteroatoms. The Balaban J connectivity index is 1.38. The zero-order chi connectivity index (χ0) is 24.3. The van der Waals surface area contributed by atoms with Gasteiger partial charge in [0.1, 0.15) is 11.3 Å². The maximum Gasteiger partial charge on any atom is 0.410 e. The van der Waals surface area contributed by atoms with Crippen molar-refractivity contribution in [2.24, 2.45) is 27.4 Å². The van der Waals surface area contributed by atoms with E-state index < -0.39 is 11.3 Å². The highest BCUT2D eigenvalue weighted by Gasteiger charge is 2.42. The number of likely N-dealkylation sites (tertiary alicyclic amines) is 1. The van der Waals surface area contributed by atoms with E-state index in [9.17, 15) is 4.79 Å². The summed E-state index contributed by atoms with van der Waals surface area (Å²) in [5, 5.41) is 3.54. The first-order chi connectivity index (χ1) is 16.2. The zero-order valence-electron chi connectivity index (χ0n) is 20.7. The average Bonchev–Trinajstić information content (AvgIpc) is 2.77. The number of nitrogens with one attached hydrogen (secondary N) is 1. The second kappa shape index (κ2) is 9.72. The number of benzene rings is 1. The fraction of sp³-hybridized carbons (Fsp3) is 0.640. The number of hydrogen-bond donors (Lipinski definition) is 3. The normalized spacial score (nSPS) is 22.7. The second-order valence-corrected chi connectivity index (χ2v) is 10.7. The van der Waals surface area contributed by atoms with Gasteiger partial charge < -0.3 is 26.4 Å². The molecule has 1 aromatic rings. The van der Waals surface area contributed by atoms with Crippen LogP contribution in [0.3, 0.4) is 0 Å². The number of nitrogens with zero attached hydrogens (tertiary/aromatic N) is 4. The Kier molecular flexibility index (Phi) is 6.91. The number of hydrogen-bond acceptors (Lipinski definition) is 8. The predicted octanol–water partition coefficient (Wildman–Crippen LogP) is 3.86. The monoisotopic (exact) mass is 469 g/mol. The first kappa shape index (κ1) is 24.2. The molecule has 4 rings (SSSR count). The van der Waals surface area contributed by atoms with Crippen molar-refractivity contribution in [3.63, 3.8) is 0 Å². The first-order valence-corrected chi connectivity index (χ1v) is 12.5. The van der Waals surface area contributed by atoms with Gasteiger partial charge in [-0.1, -0.05) is 6.42 Å². The summed E-state index contributed by atoms with van der Waals surface area (Å²) in [5.74, 6) is 1.05. The van der Waals surface area contributed by atoms with E-state index in [2.05, 4.69) is 34.6 Å². The fourth-order valence-corrected chi connectivity index (χ4v) is 5.21. The van der Waals surface area contributed by atoms with E-state index in [4.69, 9.17) is 21.2 Å². The van der Waals surface area contributed by atoms with Crippen molar-refractivity contribution in [1.29, 1.82) is 0 Å². The number of nitrogens with two attached hydrogens (primary N) is 2. The third-order valence-corrected chi connectivity index (χ3v) is 6.74. The van der Waals surface area contributed by atoms with E-state index in [0.29, 0.717) is 18.4 Å². The van der Waals surface area contributed by atoms with Crippen LogP contribution in [-0.4, -0.2) is 53.8 Å². The van der Waals surface area contributed by atoms with Gasteiger partial charge in [-0.25, -0.2) is 9.79 Å². The summed E-state index contributed by atoms with van der Waals surface area (Å²) in [6, 6.07) is 8.25. The van der Waals surface area contributed by atoms with Gasteiger partial charge in [0.15, 0.2) is 0 Å². The van der Waals surface area contributed by atoms with E-state index >= 15 is 0 Å². The molecule has 1 aliphatic carbocycles. The molecule has 1 aromatic carbocycles. The van der Waals surface area contributed by atoms with Crippen molar-refractivity contribution >= 4 is 29.4 Å². The largest absolute Gasteiger partial charge is 0.444 e. The van der Waals surface area contributed by atoms with Crippen LogP contribution >= 0.6 is 0 Å². The topological polar surface area (TPSA) is 122 Å². The van der Waals surface area contributed by atoms with Crippen LogP contribution in [0.4, 0.5) is 16.2 Å². The Morgan fingerprint density at radius 1 is 1.15 bits per heavy atom. The van der Waals surface area contributed by atoms with Gasteiger partial charge in [-0.05, 0) is 89.5 Å². The molecular weight excluding hydrogens is 430 g/mol. The molecule has 1 spiro atoms. The minimum Gasteiger partial charge on any atom is -0.444 e. The molecule has 1 saturated carbocycles. The summed E-state index contributed by atoms with van der Waals surface area (Å²) in [4.78, 5) is 25.3. The van der Waals surface area contributed by atoms with Crippen LogP contribution in [0.5, 0.6) is 0 Å². The first-order valence-electron chi connectivity index (χ1n) is 12.5. The van der Waals surface area contributed by atoms with Gasteiger partial charge in [0.25, 0.3) is 0 Å². The molecule has 34 heavy (non-hydrogen) atoms. The van der Waals surface area contributed by atoms with Crippen molar-refractivity contribution < 1.29 is 9.53 Å². The number of piperidine rings is 1. The zero-order valence-corrected chi connectivity index (χ0v) is 20.7. The molecule has 5 N–H and O–H groups in total. The Hall–Kier alpha value is -2.97. The second-order valence-electron chi connectivity index (χ2n) is 10.7.